The van der Waals surface area contributed by atoms with Gasteiger partial charge in [0.2, 0.25) is 5.52 Å². The van der Waals surface area contributed by atoms with Crippen LogP contribution in [0.1, 0.15) is 17.5 Å². The Kier molecular flexibility index (Phi) is 5.81. The summed E-state index contributed by atoms with van der Waals surface area (Å²) < 4.78 is 3.68. The molecule has 0 aliphatic heterocycles. The Bertz CT molecular complexity index is 915. The monoisotopic (exact) mass is 347 g/mol. The molecule has 1 aromatic heterocycles. The second-order valence-electron chi connectivity index (χ2n) is 5.77. The Balaban J connectivity index is 1.60. The summed E-state index contributed by atoms with van der Waals surface area (Å²) >= 11 is 1.83. The van der Waals surface area contributed by atoms with Gasteiger partial charge in [-0.1, -0.05) is 59.4 Å². The molecule has 0 atom stereocenters. The third-order valence-corrected chi connectivity index (χ3v) is 5.05. The van der Waals surface area contributed by atoms with Gasteiger partial charge in [-0.3, -0.25) is 0 Å². The summed E-state index contributed by atoms with van der Waals surface area (Å²) in [6.07, 6.45) is 12.3. The van der Waals surface area contributed by atoms with Gasteiger partial charge in [0.15, 0.2) is 0 Å². The van der Waals surface area contributed by atoms with Gasteiger partial charge < -0.3 is 5.32 Å². The molecular weight excluding hydrogens is 324 g/mol. The summed E-state index contributed by atoms with van der Waals surface area (Å²) in [5, 5.41) is 4.53. The summed E-state index contributed by atoms with van der Waals surface area (Å²) in [4.78, 5) is 0. The minimum absolute atomic E-state index is 0.980. The smallest absolute Gasteiger partial charge is 0.262 e. The maximum Gasteiger partial charge on any atom is 0.262 e. The van der Waals surface area contributed by atoms with Crippen LogP contribution in [0.25, 0.3) is 16.3 Å². The van der Waals surface area contributed by atoms with E-state index in [9.17, 15) is 0 Å². The SMILES string of the molecule is CC[n+]1c(/C=C/C=C/C=C/Nc2ccc(C)cc2)sc2ccccc21. The molecule has 2 nitrogen and oxygen atoms in total. The van der Waals surface area contributed by atoms with Crippen LogP contribution in [0.2, 0.25) is 0 Å². The van der Waals surface area contributed by atoms with E-state index in [1.807, 2.05) is 29.7 Å². The molecule has 126 valence electrons. The number of nitrogens with one attached hydrogen (secondary N) is 1. The van der Waals surface area contributed by atoms with E-state index in [2.05, 4.69) is 90.5 Å². The molecule has 3 rings (SSSR count). The van der Waals surface area contributed by atoms with Gasteiger partial charge in [0.25, 0.3) is 5.01 Å². The van der Waals surface area contributed by atoms with Crippen molar-refractivity contribution >= 4 is 33.3 Å². The fourth-order valence-corrected chi connectivity index (χ4v) is 3.76. The quantitative estimate of drug-likeness (QED) is 0.446. The highest BCUT2D eigenvalue weighted by atomic mass is 32.1. The van der Waals surface area contributed by atoms with Crippen LogP contribution in [0.4, 0.5) is 5.69 Å². The van der Waals surface area contributed by atoms with Gasteiger partial charge in [-0.15, -0.1) is 0 Å². The van der Waals surface area contributed by atoms with Crippen molar-refractivity contribution < 1.29 is 4.57 Å². The van der Waals surface area contributed by atoms with E-state index in [-0.39, 0.29) is 0 Å². The van der Waals surface area contributed by atoms with Crippen LogP contribution in [-0.4, -0.2) is 0 Å². The van der Waals surface area contributed by atoms with Crippen molar-refractivity contribution in [3.8, 4) is 0 Å². The predicted octanol–water partition coefficient (Wildman–Crippen LogP) is 5.71. The fraction of sp³-hybridized carbons (Fsp3) is 0.136. The van der Waals surface area contributed by atoms with Crippen LogP contribution in [0.15, 0.2) is 79.0 Å². The van der Waals surface area contributed by atoms with Crippen LogP contribution in [0, 0.1) is 6.92 Å². The highest BCUT2D eigenvalue weighted by Crippen LogP contribution is 2.21. The third-order valence-electron chi connectivity index (χ3n) is 3.92. The molecule has 0 saturated carbocycles. The molecule has 3 heteroatoms. The number of para-hydroxylation sites is 1. The first kappa shape index (κ1) is 17.2. The molecule has 0 aliphatic carbocycles. The summed E-state index contributed by atoms with van der Waals surface area (Å²) in [6.45, 7) is 5.26. The maximum atomic E-state index is 3.26. The average molecular weight is 348 g/mol. The second kappa shape index (κ2) is 8.45. The molecule has 1 heterocycles. The molecule has 3 aromatic rings. The van der Waals surface area contributed by atoms with Crippen molar-refractivity contribution in [2.24, 2.45) is 0 Å². The number of aryl methyl sites for hydroxylation is 2. The molecule has 0 radical (unpaired) electrons. The lowest BCUT2D eigenvalue weighted by Gasteiger charge is -1.99. The highest BCUT2D eigenvalue weighted by molar-refractivity contribution is 7.18. The molecule has 0 saturated heterocycles. The molecule has 0 fully saturated rings. The van der Waals surface area contributed by atoms with Crippen molar-refractivity contribution in [2.45, 2.75) is 20.4 Å². The molecule has 0 amide bonds. The zero-order chi connectivity index (χ0) is 17.5. The van der Waals surface area contributed by atoms with E-state index >= 15 is 0 Å². The van der Waals surface area contributed by atoms with Crippen molar-refractivity contribution in [2.75, 3.05) is 5.32 Å². The van der Waals surface area contributed by atoms with Crippen molar-refractivity contribution in [3.05, 3.63) is 89.6 Å². The van der Waals surface area contributed by atoms with Gasteiger partial charge in [-0.05, 0) is 38.1 Å². The van der Waals surface area contributed by atoms with Gasteiger partial charge in [0, 0.05) is 24.0 Å². The molecule has 2 aromatic carbocycles. The summed E-state index contributed by atoms with van der Waals surface area (Å²) in [5.41, 5.74) is 3.67. The number of allylic oxidation sites excluding steroid dienone is 4. The van der Waals surface area contributed by atoms with E-state index in [4.69, 9.17) is 0 Å². The number of fused-ring (bicyclic) bond motifs is 1. The topological polar surface area (TPSA) is 15.9 Å². The molecule has 1 N–H and O–H groups in total. The Labute approximate surface area is 153 Å². The van der Waals surface area contributed by atoms with Crippen LogP contribution in [-0.2, 0) is 6.54 Å². The fourth-order valence-electron chi connectivity index (χ4n) is 2.62. The van der Waals surface area contributed by atoms with Crippen LogP contribution in [0.5, 0.6) is 0 Å². The standard InChI is InChI=1S/C22H22N2S/c1-3-24-20-10-7-8-11-21(20)25-22(24)12-6-4-5-9-17-23-19-15-13-18(2)14-16-19/h4-17H,3H2,1-2H3/p+1. The molecule has 25 heavy (non-hydrogen) atoms. The highest BCUT2D eigenvalue weighted by Gasteiger charge is 2.15. The first-order chi connectivity index (χ1) is 12.3. The minimum atomic E-state index is 0.980. The van der Waals surface area contributed by atoms with Gasteiger partial charge in [-0.2, -0.15) is 4.57 Å². The summed E-state index contributed by atoms with van der Waals surface area (Å²) in [6, 6.07) is 16.9. The van der Waals surface area contributed by atoms with E-state index in [1.54, 1.807) is 0 Å². The average Bonchev–Trinajstić information content (AvgIpc) is 2.99. The molecule has 0 bridgehead atoms. The summed E-state index contributed by atoms with van der Waals surface area (Å²) in [7, 11) is 0. The zero-order valence-corrected chi connectivity index (χ0v) is 15.5. The second-order valence-corrected chi connectivity index (χ2v) is 6.83. The maximum absolute atomic E-state index is 3.26. The first-order valence-electron chi connectivity index (χ1n) is 8.52. The number of aromatic nitrogens is 1. The number of thiazole rings is 1. The van der Waals surface area contributed by atoms with Crippen molar-refractivity contribution in [1.82, 2.24) is 0 Å². The third kappa shape index (κ3) is 4.46. The number of hydrogen-bond acceptors (Lipinski definition) is 2. The number of hydrogen-bond donors (Lipinski definition) is 1. The predicted molar refractivity (Wildman–Crippen MR) is 110 cm³/mol. The Morgan fingerprint density at radius 1 is 0.960 bits per heavy atom. The van der Waals surface area contributed by atoms with Crippen LogP contribution < -0.4 is 9.88 Å². The van der Waals surface area contributed by atoms with Gasteiger partial charge in [0.1, 0.15) is 11.2 Å². The van der Waals surface area contributed by atoms with E-state index in [0.29, 0.717) is 0 Å². The molecule has 0 aliphatic rings. The van der Waals surface area contributed by atoms with Gasteiger partial charge >= 0.3 is 0 Å². The Morgan fingerprint density at radius 3 is 2.52 bits per heavy atom. The lowest BCUT2D eigenvalue weighted by atomic mass is 10.2. The van der Waals surface area contributed by atoms with Crippen LogP contribution in [0.3, 0.4) is 0 Å². The normalized spacial score (nSPS) is 12.1. The minimum Gasteiger partial charge on any atom is -0.362 e. The number of benzene rings is 2. The number of rotatable bonds is 6. The van der Waals surface area contributed by atoms with E-state index < -0.39 is 0 Å². The zero-order valence-electron chi connectivity index (χ0n) is 14.6. The van der Waals surface area contributed by atoms with Gasteiger partial charge in [0.05, 0.1) is 0 Å². The first-order valence-corrected chi connectivity index (χ1v) is 9.34. The number of anilines is 1. The lowest BCUT2D eigenvalue weighted by molar-refractivity contribution is -0.665. The van der Waals surface area contributed by atoms with E-state index in [1.165, 1.54) is 20.8 Å². The summed E-state index contributed by atoms with van der Waals surface area (Å²) in [5.74, 6) is 0. The molecular formula is C22H23N2S+. The van der Waals surface area contributed by atoms with Gasteiger partial charge in [-0.25, -0.2) is 0 Å². The molecule has 0 unspecified atom stereocenters. The Hall–Kier alpha value is -2.65. The molecule has 0 spiro atoms. The number of nitrogens with zero attached hydrogens (tertiary/aromatic N) is 1. The van der Waals surface area contributed by atoms with E-state index in [0.717, 1.165) is 12.2 Å². The Morgan fingerprint density at radius 2 is 1.72 bits per heavy atom. The van der Waals surface area contributed by atoms with Crippen molar-refractivity contribution in [1.29, 1.82) is 0 Å². The van der Waals surface area contributed by atoms with Crippen molar-refractivity contribution in [3.63, 3.8) is 0 Å². The lowest BCUT2D eigenvalue weighted by Crippen LogP contribution is -2.33. The largest absolute Gasteiger partial charge is 0.362 e. The van der Waals surface area contributed by atoms with Crippen LogP contribution >= 0.6 is 11.3 Å².